The number of anilines is 2. The Hall–Kier alpha value is -3.07. The molecule has 4 N–H and O–H groups in total. The van der Waals surface area contributed by atoms with Gasteiger partial charge in [0.15, 0.2) is 0 Å². The average molecular weight is 391 g/mol. The fourth-order valence-corrected chi connectivity index (χ4v) is 3.49. The molecule has 0 aliphatic heterocycles. The van der Waals surface area contributed by atoms with E-state index in [0.29, 0.717) is 17.0 Å². The maximum Gasteiger partial charge on any atom is 0.341 e. The molecule has 0 saturated heterocycles. The molecule has 0 aliphatic rings. The summed E-state index contributed by atoms with van der Waals surface area (Å²) in [5.74, 6) is -1.09. The number of methoxy groups -OCH3 is 1. The molecule has 0 spiro atoms. The van der Waals surface area contributed by atoms with E-state index in [2.05, 4.69) is 10.6 Å². The van der Waals surface area contributed by atoms with Gasteiger partial charge in [-0.1, -0.05) is 12.1 Å². The number of hydrogen-bond donors (Lipinski definition) is 3. The maximum absolute atomic E-state index is 12.3. The van der Waals surface area contributed by atoms with Crippen LogP contribution in [0.15, 0.2) is 24.3 Å². The Bertz CT molecular complexity index is 863. The van der Waals surface area contributed by atoms with Gasteiger partial charge in [0.1, 0.15) is 10.8 Å². The van der Waals surface area contributed by atoms with Crippen LogP contribution in [0, 0.1) is 6.92 Å². The van der Waals surface area contributed by atoms with E-state index < -0.39 is 17.8 Å². The average Bonchev–Trinajstić information content (AvgIpc) is 2.96. The smallest absolute Gasteiger partial charge is 0.341 e. The number of primary amides is 1. The van der Waals surface area contributed by atoms with Gasteiger partial charge in [-0.25, -0.2) is 4.79 Å². The van der Waals surface area contributed by atoms with Crippen LogP contribution in [0.4, 0.5) is 10.7 Å². The first-order chi connectivity index (χ1) is 12.9. The Labute approximate surface area is 160 Å². The van der Waals surface area contributed by atoms with Crippen molar-refractivity contribution in [2.45, 2.75) is 13.8 Å². The maximum atomic E-state index is 12.3. The van der Waals surface area contributed by atoms with E-state index in [0.717, 1.165) is 11.3 Å². The van der Waals surface area contributed by atoms with Crippen LogP contribution >= 0.6 is 11.3 Å². The number of carbonyl (C=O) groups excluding carboxylic acids is 3. The van der Waals surface area contributed by atoms with Gasteiger partial charge in [0.25, 0.3) is 5.91 Å². The predicted octanol–water partition coefficient (Wildman–Crippen LogP) is 2.39. The van der Waals surface area contributed by atoms with Crippen molar-refractivity contribution in [3.8, 4) is 5.75 Å². The zero-order valence-electron chi connectivity index (χ0n) is 15.3. The van der Waals surface area contributed by atoms with E-state index in [1.54, 1.807) is 26.0 Å². The number of nitrogens with one attached hydrogen (secondary N) is 2. The quantitative estimate of drug-likeness (QED) is 0.595. The van der Waals surface area contributed by atoms with Crippen LogP contribution in [0.3, 0.4) is 0 Å². The van der Waals surface area contributed by atoms with Gasteiger partial charge in [-0.15, -0.1) is 11.3 Å². The lowest BCUT2D eigenvalue weighted by atomic mass is 10.1. The highest BCUT2D eigenvalue weighted by molar-refractivity contribution is 7.18. The molecule has 2 amide bonds. The highest BCUT2D eigenvalue weighted by Gasteiger charge is 2.25. The third-order valence-corrected chi connectivity index (χ3v) is 4.87. The van der Waals surface area contributed by atoms with Crippen molar-refractivity contribution in [1.82, 2.24) is 0 Å². The lowest BCUT2D eigenvalue weighted by molar-refractivity contribution is -0.114. The molecular weight excluding hydrogens is 370 g/mol. The summed E-state index contributed by atoms with van der Waals surface area (Å²) in [6.07, 6.45) is 0. The summed E-state index contributed by atoms with van der Waals surface area (Å²) >= 11 is 0.946. The molecule has 2 aromatic rings. The molecule has 27 heavy (non-hydrogen) atoms. The molecule has 8 nitrogen and oxygen atoms in total. The Morgan fingerprint density at radius 2 is 1.93 bits per heavy atom. The number of para-hydroxylation sites is 2. The predicted molar refractivity (Wildman–Crippen MR) is 104 cm³/mol. The first kappa shape index (κ1) is 20.2. The van der Waals surface area contributed by atoms with Crippen LogP contribution in [0.5, 0.6) is 5.75 Å². The van der Waals surface area contributed by atoms with Crippen molar-refractivity contribution >= 4 is 39.8 Å². The molecular formula is C18H21N3O5S. The second kappa shape index (κ2) is 9.04. The fraction of sp³-hybridized carbons (Fsp3) is 0.278. The second-order valence-electron chi connectivity index (χ2n) is 5.45. The molecule has 9 heteroatoms. The number of thiophene rings is 1. The highest BCUT2D eigenvalue weighted by atomic mass is 32.1. The zero-order valence-corrected chi connectivity index (χ0v) is 16.1. The number of carbonyl (C=O) groups is 3. The number of amides is 2. The van der Waals surface area contributed by atoms with Crippen molar-refractivity contribution in [2.24, 2.45) is 5.73 Å². The van der Waals surface area contributed by atoms with E-state index in [1.807, 2.05) is 12.1 Å². The summed E-state index contributed by atoms with van der Waals surface area (Å²) in [4.78, 5) is 36.3. The first-order valence-corrected chi connectivity index (χ1v) is 8.97. The van der Waals surface area contributed by atoms with E-state index >= 15 is 0 Å². The largest absolute Gasteiger partial charge is 0.495 e. The van der Waals surface area contributed by atoms with Crippen LogP contribution in [-0.2, 0) is 9.53 Å². The van der Waals surface area contributed by atoms with Crippen molar-refractivity contribution < 1.29 is 23.9 Å². The molecule has 0 radical (unpaired) electrons. The molecule has 0 bridgehead atoms. The number of hydrogen-bond acceptors (Lipinski definition) is 7. The summed E-state index contributed by atoms with van der Waals surface area (Å²) in [7, 11) is 1.53. The topological polar surface area (TPSA) is 120 Å². The standard InChI is InChI=1S/C18H21N3O5S/c1-4-26-18(24)14-10(2)15(16(19)23)27-17(14)21-13(22)9-20-11-7-5-6-8-12(11)25-3/h5-8,20H,4,9H2,1-3H3,(H2,19,23)(H,21,22). The van der Waals surface area contributed by atoms with Gasteiger partial charge in [0, 0.05) is 0 Å². The summed E-state index contributed by atoms with van der Waals surface area (Å²) < 4.78 is 10.2. The zero-order chi connectivity index (χ0) is 20.0. The van der Waals surface area contributed by atoms with Gasteiger partial charge in [-0.05, 0) is 31.5 Å². The summed E-state index contributed by atoms with van der Waals surface area (Å²) in [5.41, 5.74) is 6.53. The minimum atomic E-state index is -0.671. The van der Waals surface area contributed by atoms with Crippen molar-refractivity contribution in [2.75, 3.05) is 30.9 Å². The van der Waals surface area contributed by atoms with Gasteiger partial charge in [0.05, 0.1) is 36.4 Å². The molecule has 1 aromatic heterocycles. The monoisotopic (exact) mass is 391 g/mol. The molecule has 0 saturated carbocycles. The Kier molecular flexibility index (Phi) is 6.78. The van der Waals surface area contributed by atoms with E-state index in [4.69, 9.17) is 15.2 Å². The van der Waals surface area contributed by atoms with E-state index in [9.17, 15) is 14.4 Å². The molecule has 1 heterocycles. The molecule has 2 rings (SSSR count). The fourth-order valence-electron chi connectivity index (χ4n) is 2.42. The summed E-state index contributed by atoms with van der Waals surface area (Å²) in [6.45, 7) is 3.36. The Morgan fingerprint density at radius 1 is 1.22 bits per heavy atom. The first-order valence-electron chi connectivity index (χ1n) is 8.16. The third kappa shape index (κ3) is 4.76. The second-order valence-corrected chi connectivity index (χ2v) is 6.47. The van der Waals surface area contributed by atoms with Crippen molar-refractivity contribution in [1.29, 1.82) is 0 Å². The van der Waals surface area contributed by atoms with E-state index in [-0.39, 0.29) is 28.6 Å². The van der Waals surface area contributed by atoms with Crippen LogP contribution in [0.2, 0.25) is 0 Å². The SMILES string of the molecule is CCOC(=O)c1c(NC(=O)CNc2ccccc2OC)sc(C(N)=O)c1C. The highest BCUT2D eigenvalue weighted by Crippen LogP contribution is 2.33. The number of rotatable bonds is 8. The normalized spacial score (nSPS) is 10.2. The van der Waals surface area contributed by atoms with Crippen molar-refractivity contribution in [3.05, 3.63) is 40.3 Å². The van der Waals surface area contributed by atoms with Crippen molar-refractivity contribution in [3.63, 3.8) is 0 Å². The summed E-state index contributed by atoms with van der Waals surface area (Å²) in [5, 5.41) is 5.83. The third-order valence-electron chi connectivity index (χ3n) is 3.65. The van der Waals surface area contributed by atoms with Gasteiger partial charge >= 0.3 is 5.97 Å². The molecule has 1 aromatic carbocycles. The lowest BCUT2D eigenvalue weighted by Crippen LogP contribution is -2.22. The number of benzene rings is 1. The lowest BCUT2D eigenvalue weighted by Gasteiger charge is -2.11. The Morgan fingerprint density at radius 3 is 2.56 bits per heavy atom. The van der Waals surface area contributed by atoms with Crippen LogP contribution < -0.4 is 21.1 Å². The van der Waals surface area contributed by atoms with Gasteiger partial charge in [-0.3, -0.25) is 9.59 Å². The molecule has 0 fully saturated rings. The van der Waals surface area contributed by atoms with E-state index in [1.165, 1.54) is 7.11 Å². The number of esters is 1. The number of ether oxygens (including phenoxy) is 2. The molecule has 0 aliphatic carbocycles. The van der Waals surface area contributed by atoms with Gasteiger partial charge in [0.2, 0.25) is 5.91 Å². The number of nitrogens with two attached hydrogens (primary N) is 1. The molecule has 144 valence electrons. The van der Waals surface area contributed by atoms with Crippen LogP contribution in [0.25, 0.3) is 0 Å². The molecule has 0 atom stereocenters. The van der Waals surface area contributed by atoms with Gasteiger partial charge in [-0.2, -0.15) is 0 Å². The minimum Gasteiger partial charge on any atom is -0.495 e. The van der Waals surface area contributed by atoms with Crippen LogP contribution in [0.1, 0.15) is 32.5 Å². The Balaban J connectivity index is 2.18. The van der Waals surface area contributed by atoms with Gasteiger partial charge < -0.3 is 25.8 Å². The summed E-state index contributed by atoms with van der Waals surface area (Å²) in [6, 6.07) is 7.16. The van der Waals surface area contributed by atoms with Crippen LogP contribution in [-0.4, -0.2) is 38.0 Å². The minimum absolute atomic E-state index is 0.0640. The molecule has 0 unspecified atom stereocenters.